The number of hydrogen-bond donors (Lipinski definition) is 1. The quantitative estimate of drug-likeness (QED) is 0.395. The highest BCUT2D eigenvalue weighted by molar-refractivity contribution is 7.90. The standard InChI is InChI=1S/C25H26FN3O5S/c1-5-34-24-23(33-3)11-9-19(27-24)22(14-35(4,31)32)29-21-10-6-16(13-20(21)28-25(29)30)18-8-7-17(26)12-15(18)2/h6-13,22H,5,14H2,1-4H3,(H,28,30). The zero-order valence-corrected chi connectivity index (χ0v) is 20.6. The average Bonchev–Trinajstić information content (AvgIpc) is 3.11. The number of fused-ring (bicyclic) bond motifs is 1. The van der Waals surface area contributed by atoms with Gasteiger partial charge in [-0.1, -0.05) is 12.1 Å². The molecule has 1 atom stereocenters. The van der Waals surface area contributed by atoms with Gasteiger partial charge in [0.2, 0.25) is 0 Å². The number of imidazole rings is 1. The number of aromatic amines is 1. The fraction of sp³-hybridized carbons (Fsp3) is 0.280. The second-order valence-corrected chi connectivity index (χ2v) is 10.5. The third kappa shape index (κ3) is 5.07. The molecule has 0 aliphatic carbocycles. The van der Waals surface area contributed by atoms with Crippen LogP contribution in [0.25, 0.3) is 22.2 Å². The number of nitrogens with one attached hydrogen (secondary N) is 1. The Morgan fingerprint density at radius 2 is 1.91 bits per heavy atom. The molecule has 1 unspecified atom stereocenters. The molecule has 0 saturated heterocycles. The van der Waals surface area contributed by atoms with Gasteiger partial charge in [0.15, 0.2) is 5.75 Å². The number of nitrogens with zero attached hydrogens (tertiary/aromatic N) is 2. The number of pyridine rings is 1. The number of hydrogen-bond acceptors (Lipinski definition) is 6. The second kappa shape index (κ2) is 9.53. The van der Waals surface area contributed by atoms with E-state index in [0.717, 1.165) is 22.9 Å². The van der Waals surface area contributed by atoms with Crippen LogP contribution < -0.4 is 15.2 Å². The van der Waals surface area contributed by atoms with Crippen LogP contribution in [-0.2, 0) is 9.84 Å². The summed E-state index contributed by atoms with van der Waals surface area (Å²) in [6.45, 7) is 3.94. The third-order valence-corrected chi connectivity index (χ3v) is 6.60. The number of benzene rings is 2. The maximum absolute atomic E-state index is 13.6. The van der Waals surface area contributed by atoms with Crippen molar-refractivity contribution < 1.29 is 22.3 Å². The lowest BCUT2D eigenvalue weighted by molar-refractivity contribution is 0.296. The summed E-state index contributed by atoms with van der Waals surface area (Å²) in [6, 6.07) is 12.2. The predicted molar refractivity (Wildman–Crippen MR) is 132 cm³/mol. The van der Waals surface area contributed by atoms with Crippen LogP contribution in [0.3, 0.4) is 0 Å². The minimum atomic E-state index is -3.51. The van der Waals surface area contributed by atoms with E-state index < -0.39 is 21.6 Å². The molecule has 2 aromatic carbocycles. The Kier molecular flexibility index (Phi) is 6.66. The maximum Gasteiger partial charge on any atom is 0.327 e. The Morgan fingerprint density at radius 1 is 1.14 bits per heavy atom. The van der Waals surface area contributed by atoms with Crippen molar-refractivity contribution in [2.45, 2.75) is 19.9 Å². The Bertz CT molecular complexity index is 1560. The number of sulfone groups is 1. The zero-order chi connectivity index (χ0) is 25.3. The van der Waals surface area contributed by atoms with Crippen LogP contribution in [0.2, 0.25) is 0 Å². The van der Waals surface area contributed by atoms with Crippen LogP contribution in [0, 0.1) is 12.7 Å². The molecule has 35 heavy (non-hydrogen) atoms. The number of methoxy groups -OCH3 is 1. The van der Waals surface area contributed by atoms with Crippen LogP contribution >= 0.6 is 0 Å². The Morgan fingerprint density at radius 3 is 2.57 bits per heavy atom. The molecule has 10 heteroatoms. The number of ether oxygens (including phenoxy) is 2. The van der Waals surface area contributed by atoms with E-state index in [1.54, 1.807) is 37.3 Å². The maximum atomic E-state index is 13.6. The highest BCUT2D eigenvalue weighted by atomic mass is 32.2. The molecular weight excluding hydrogens is 473 g/mol. The number of H-pyrrole nitrogens is 1. The van der Waals surface area contributed by atoms with E-state index in [-0.39, 0.29) is 17.5 Å². The van der Waals surface area contributed by atoms with Gasteiger partial charge in [0.1, 0.15) is 15.7 Å². The van der Waals surface area contributed by atoms with Gasteiger partial charge < -0.3 is 14.5 Å². The molecule has 0 amide bonds. The van der Waals surface area contributed by atoms with E-state index in [2.05, 4.69) is 9.97 Å². The van der Waals surface area contributed by atoms with Crippen molar-refractivity contribution in [2.75, 3.05) is 25.7 Å². The van der Waals surface area contributed by atoms with Crippen molar-refractivity contribution >= 4 is 20.9 Å². The van der Waals surface area contributed by atoms with E-state index in [1.165, 1.54) is 23.8 Å². The van der Waals surface area contributed by atoms with Crippen LogP contribution in [0.5, 0.6) is 11.6 Å². The molecule has 0 radical (unpaired) electrons. The lowest BCUT2D eigenvalue weighted by atomic mass is 10.00. The number of aromatic nitrogens is 3. The largest absolute Gasteiger partial charge is 0.491 e. The summed E-state index contributed by atoms with van der Waals surface area (Å²) < 4.78 is 50.5. The molecule has 0 bridgehead atoms. The van der Waals surface area contributed by atoms with Crippen molar-refractivity contribution in [3.05, 3.63) is 76.1 Å². The highest BCUT2D eigenvalue weighted by Crippen LogP contribution is 2.31. The summed E-state index contributed by atoms with van der Waals surface area (Å²) >= 11 is 0. The summed E-state index contributed by atoms with van der Waals surface area (Å²) in [6.07, 6.45) is 1.11. The monoisotopic (exact) mass is 499 g/mol. The molecule has 184 valence electrons. The molecule has 2 heterocycles. The predicted octanol–water partition coefficient (Wildman–Crippen LogP) is 3.88. The molecule has 0 aliphatic heterocycles. The van der Waals surface area contributed by atoms with E-state index in [1.807, 2.05) is 13.0 Å². The fourth-order valence-electron chi connectivity index (χ4n) is 4.16. The van der Waals surface area contributed by atoms with Gasteiger partial charge in [-0.25, -0.2) is 22.6 Å². The molecule has 4 rings (SSSR count). The molecule has 4 aromatic rings. The lowest BCUT2D eigenvalue weighted by Crippen LogP contribution is -2.29. The summed E-state index contributed by atoms with van der Waals surface area (Å²) in [5.41, 5.74) is 3.29. The fourth-order valence-corrected chi connectivity index (χ4v) is 5.05. The van der Waals surface area contributed by atoms with Crippen molar-refractivity contribution in [1.82, 2.24) is 14.5 Å². The molecule has 1 N–H and O–H groups in total. The topological polar surface area (TPSA) is 103 Å². The highest BCUT2D eigenvalue weighted by Gasteiger charge is 2.26. The lowest BCUT2D eigenvalue weighted by Gasteiger charge is -2.19. The molecule has 0 aliphatic rings. The smallest absolute Gasteiger partial charge is 0.327 e. The van der Waals surface area contributed by atoms with Crippen LogP contribution in [0.4, 0.5) is 4.39 Å². The number of rotatable bonds is 8. The molecule has 8 nitrogen and oxygen atoms in total. The van der Waals surface area contributed by atoms with E-state index in [0.29, 0.717) is 29.1 Å². The molecule has 0 fully saturated rings. The van der Waals surface area contributed by atoms with Crippen molar-refractivity contribution in [3.63, 3.8) is 0 Å². The minimum absolute atomic E-state index is 0.216. The molecule has 2 aromatic heterocycles. The number of halogens is 1. The Labute approximate surface area is 202 Å². The van der Waals surface area contributed by atoms with Crippen molar-refractivity contribution in [2.24, 2.45) is 0 Å². The van der Waals surface area contributed by atoms with E-state index in [4.69, 9.17) is 9.47 Å². The van der Waals surface area contributed by atoms with Crippen LogP contribution in [0.15, 0.2) is 53.3 Å². The van der Waals surface area contributed by atoms with Gasteiger partial charge in [-0.15, -0.1) is 0 Å². The summed E-state index contributed by atoms with van der Waals surface area (Å²) in [4.78, 5) is 20.4. The van der Waals surface area contributed by atoms with Gasteiger partial charge in [0.05, 0.1) is 42.2 Å². The first-order valence-electron chi connectivity index (χ1n) is 11.0. The second-order valence-electron chi connectivity index (χ2n) is 8.28. The summed E-state index contributed by atoms with van der Waals surface area (Å²) in [5.74, 6) is -0.0509. The Hall–Kier alpha value is -3.66. The first-order chi connectivity index (χ1) is 16.6. The van der Waals surface area contributed by atoms with Gasteiger partial charge in [-0.05, 0) is 66.9 Å². The van der Waals surface area contributed by atoms with E-state index >= 15 is 0 Å². The minimum Gasteiger partial charge on any atom is -0.491 e. The van der Waals surface area contributed by atoms with Gasteiger partial charge in [-0.3, -0.25) is 4.57 Å². The first kappa shape index (κ1) is 24.5. The van der Waals surface area contributed by atoms with Crippen molar-refractivity contribution in [1.29, 1.82) is 0 Å². The van der Waals surface area contributed by atoms with Crippen molar-refractivity contribution in [3.8, 4) is 22.8 Å². The van der Waals surface area contributed by atoms with E-state index in [9.17, 15) is 17.6 Å². The summed E-state index contributed by atoms with van der Waals surface area (Å²) in [7, 11) is -2.02. The Balaban J connectivity index is 1.88. The average molecular weight is 500 g/mol. The van der Waals surface area contributed by atoms with Gasteiger partial charge in [-0.2, -0.15) is 0 Å². The normalized spacial score (nSPS) is 12.6. The SMILES string of the molecule is CCOc1nc(C(CS(C)(=O)=O)n2c(=O)[nH]c3cc(-c4ccc(F)cc4C)ccc32)ccc1OC. The van der Waals surface area contributed by atoms with Gasteiger partial charge in [0, 0.05) is 6.26 Å². The molecule has 0 spiro atoms. The van der Waals surface area contributed by atoms with Crippen LogP contribution in [0.1, 0.15) is 24.2 Å². The zero-order valence-electron chi connectivity index (χ0n) is 19.8. The van der Waals surface area contributed by atoms with Crippen LogP contribution in [-0.4, -0.2) is 48.7 Å². The summed E-state index contributed by atoms with van der Waals surface area (Å²) in [5, 5.41) is 0. The number of aryl methyl sites for hydroxylation is 1. The van der Waals surface area contributed by atoms with Gasteiger partial charge in [0.25, 0.3) is 5.88 Å². The molecular formula is C25H26FN3O5S. The molecule has 0 saturated carbocycles. The third-order valence-electron chi connectivity index (χ3n) is 5.68. The first-order valence-corrected chi connectivity index (χ1v) is 13.0. The van der Waals surface area contributed by atoms with Gasteiger partial charge >= 0.3 is 5.69 Å².